The molecule has 1 rings (SSSR count). The van der Waals surface area contributed by atoms with Gasteiger partial charge in [-0.25, -0.2) is 0 Å². The second kappa shape index (κ2) is 8.08. The van der Waals surface area contributed by atoms with E-state index >= 15 is 0 Å². The van der Waals surface area contributed by atoms with E-state index in [1.54, 1.807) is 13.8 Å². The average Bonchev–Trinajstić information content (AvgIpc) is 2.78. The van der Waals surface area contributed by atoms with Crippen LogP contribution in [0.3, 0.4) is 0 Å². The maximum atomic E-state index is 12.5. The van der Waals surface area contributed by atoms with E-state index in [1.807, 2.05) is 0 Å². The van der Waals surface area contributed by atoms with E-state index in [0.717, 1.165) is 12.3 Å². The summed E-state index contributed by atoms with van der Waals surface area (Å²) in [5, 5.41) is 0. The Bertz CT molecular complexity index is 423. The zero-order valence-corrected chi connectivity index (χ0v) is 16.0. The Labute approximate surface area is 140 Å². The van der Waals surface area contributed by atoms with E-state index in [-0.39, 0.29) is 25.0 Å². The highest BCUT2D eigenvalue weighted by Gasteiger charge is 2.57. The van der Waals surface area contributed by atoms with Crippen molar-refractivity contribution >= 4 is 26.3 Å². The van der Waals surface area contributed by atoms with E-state index in [1.165, 1.54) is 0 Å². The van der Waals surface area contributed by atoms with Gasteiger partial charge in [-0.05, 0) is 38.5 Å². The van der Waals surface area contributed by atoms with Crippen molar-refractivity contribution in [2.75, 3.05) is 13.2 Å². The van der Waals surface area contributed by atoms with Gasteiger partial charge >= 0.3 is 11.9 Å². The Morgan fingerprint density at radius 1 is 1.04 bits per heavy atom. The molecule has 0 aliphatic heterocycles. The van der Waals surface area contributed by atoms with Crippen LogP contribution in [0.15, 0.2) is 0 Å². The summed E-state index contributed by atoms with van der Waals surface area (Å²) in [6, 6.07) is 0.992. The van der Waals surface area contributed by atoms with E-state index < -0.39 is 25.4 Å². The molecule has 1 saturated carbocycles. The highest BCUT2D eigenvalue weighted by Crippen LogP contribution is 2.51. The smallest absolute Gasteiger partial charge is 0.323 e. The van der Waals surface area contributed by atoms with Gasteiger partial charge in [-0.1, -0.05) is 25.7 Å². The molecule has 0 heterocycles. The molecule has 132 valence electrons. The topological polar surface area (TPSA) is 69.7 Å². The minimum absolute atomic E-state index is 0.0491. The van der Waals surface area contributed by atoms with Crippen molar-refractivity contribution in [2.24, 2.45) is 17.3 Å². The third-order valence-corrected chi connectivity index (χ3v) is 6.24. The third-order valence-electron chi connectivity index (χ3n) is 4.49. The molecule has 6 heteroatoms. The fourth-order valence-electron chi connectivity index (χ4n) is 3.69. The Hall–Kier alpha value is -1.17. The molecular formula is C17H30O5Si. The van der Waals surface area contributed by atoms with E-state index in [9.17, 15) is 14.4 Å². The SMILES string of the molecule is CCOC(=O)C1(C(=O)OCC)C[C@@H](CC=O)[C@@H](C[Si](C)(C)C)C1. The first kappa shape index (κ1) is 19.9. The number of hydrogen-bond donors (Lipinski definition) is 0. The normalized spacial score (nSPS) is 23.3. The molecule has 0 bridgehead atoms. The van der Waals surface area contributed by atoms with Gasteiger partial charge in [0, 0.05) is 14.5 Å². The summed E-state index contributed by atoms with van der Waals surface area (Å²) >= 11 is 0. The zero-order chi connectivity index (χ0) is 17.7. The zero-order valence-electron chi connectivity index (χ0n) is 15.0. The van der Waals surface area contributed by atoms with E-state index in [4.69, 9.17) is 9.47 Å². The molecule has 1 fully saturated rings. The standard InChI is InChI=1S/C17H30O5Si/c1-6-21-15(19)17(16(20)22-7-2)10-13(8-9-18)14(11-17)12-23(3,4)5/h9,13-14H,6-8,10-12H2,1-5H3/t13-,14-/m1/s1. The molecule has 0 spiro atoms. The number of ether oxygens (including phenoxy) is 2. The Balaban J connectivity index is 3.12. The van der Waals surface area contributed by atoms with Crippen molar-refractivity contribution in [1.82, 2.24) is 0 Å². The van der Waals surface area contributed by atoms with Crippen molar-refractivity contribution in [3.05, 3.63) is 0 Å². The fourth-order valence-corrected chi connectivity index (χ4v) is 5.74. The summed E-state index contributed by atoms with van der Waals surface area (Å²) in [5.74, 6) is -0.742. The van der Waals surface area contributed by atoms with Gasteiger partial charge < -0.3 is 14.3 Å². The first-order chi connectivity index (χ1) is 10.7. The summed E-state index contributed by atoms with van der Waals surface area (Å²) in [5.41, 5.74) is -1.23. The summed E-state index contributed by atoms with van der Waals surface area (Å²) in [4.78, 5) is 36.1. The molecule has 0 aromatic heterocycles. The molecule has 0 saturated heterocycles. The van der Waals surface area contributed by atoms with Crippen molar-refractivity contribution in [2.45, 2.75) is 58.8 Å². The minimum Gasteiger partial charge on any atom is -0.465 e. The second-order valence-electron chi connectivity index (χ2n) is 7.62. The van der Waals surface area contributed by atoms with Crippen molar-refractivity contribution in [3.8, 4) is 0 Å². The first-order valence-electron chi connectivity index (χ1n) is 8.48. The lowest BCUT2D eigenvalue weighted by atomic mass is 9.84. The Morgan fingerprint density at radius 3 is 1.91 bits per heavy atom. The minimum atomic E-state index is -1.38. The van der Waals surface area contributed by atoms with Crippen LogP contribution >= 0.6 is 0 Å². The van der Waals surface area contributed by atoms with Gasteiger partial charge in [0.25, 0.3) is 0 Å². The Kier molecular flexibility index (Phi) is 6.98. The number of hydrogen-bond acceptors (Lipinski definition) is 5. The van der Waals surface area contributed by atoms with Crippen molar-refractivity contribution in [1.29, 1.82) is 0 Å². The molecule has 0 unspecified atom stereocenters. The number of esters is 2. The van der Waals surface area contributed by atoms with Crippen LogP contribution in [-0.2, 0) is 23.9 Å². The maximum absolute atomic E-state index is 12.5. The van der Waals surface area contributed by atoms with Crippen LogP contribution < -0.4 is 0 Å². The second-order valence-corrected chi connectivity index (χ2v) is 13.1. The van der Waals surface area contributed by atoms with Gasteiger partial charge in [0.15, 0.2) is 5.41 Å². The fraction of sp³-hybridized carbons (Fsp3) is 0.824. The van der Waals surface area contributed by atoms with Crippen LogP contribution in [0.4, 0.5) is 0 Å². The number of carbonyl (C=O) groups excluding carboxylic acids is 3. The molecule has 0 N–H and O–H groups in total. The molecule has 0 aromatic rings. The number of rotatable bonds is 8. The maximum Gasteiger partial charge on any atom is 0.323 e. The number of carbonyl (C=O) groups is 3. The molecule has 2 atom stereocenters. The van der Waals surface area contributed by atoms with Crippen LogP contribution in [0.5, 0.6) is 0 Å². The highest BCUT2D eigenvalue weighted by atomic mass is 28.3. The predicted molar refractivity (Wildman–Crippen MR) is 90.7 cm³/mol. The Morgan fingerprint density at radius 2 is 1.52 bits per heavy atom. The quantitative estimate of drug-likeness (QED) is 0.293. The van der Waals surface area contributed by atoms with E-state index in [0.29, 0.717) is 19.3 Å². The molecule has 1 aliphatic carbocycles. The molecule has 5 nitrogen and oxygen atoms in total. The summed E-state index contributed by atoms with van der Waals surface area (Å²) in [6.45, 7) is 10.7. The van der Waals surface area contributed by atoms with Gasteiger partial charge in [-0.15, -0.1) is 0 Å². The van der Waals surface area contributed by atoms with Crippen LogP contribution in [0.2, 0.25) is 25.7 Å². The highest BCUT2D eigenvalue weighted by molar-refractivity contribution is 6.76. The molecule has 0 radical (unpaired) electrons. The first-order valence-corrected chi connectivity index (χ1v) is 12.2. The molecule has 1 aliphatic rings. The summed E-state index contributed by atoms with van der Waals surface area (Å²) < 4.78 is 10.4. The van der Waals surface area contributed by atoms with Gasteiger partial charge in [0.05, 0.1) is 13.2 Å². The third kappa shape index (κ3) is 4.90. The van der Waals surface area contributed by atoms with Gasteiger partial charge in [0.2, 0.25) is 0 Å². The molecular weight excluding hydrogens is 312 g/mol. The van der Waals surface area contributed by atoms with Gasteiger partial charge in [-0.3, -0.25) is 9.59 Å². The van der Waals surface area contributed by atoms with E-state index in [2.05, 4.69) is 19.6 Å². The summed E-state index contributed by atoms with van der Waals surface area (Å²) in [6.07, 6.45) is 2.08. The molecule has 0 amide bonds. The predicted octanol–water partition coefficient (Wildman–Crippen LogP) is 3.05. The lowest BCUT2D eigenvalue weighted by Gasteiger charge is -2.26. The molecule has 23 heavy (non-hydrogen) atoms. The van der Waals surface area contributed by atoms with Crippen LogP contribution in [0, 0.1) is 17.3 Å². The molecule has 0 aromatic carbocycles. The number of aldehydes is 1. The largest absolute Gasteiger partial charge is 0.465 e. The van der Waals surface area contributed by atoms with Crippen LogP contribution in [0.25, 0.3) is 0 Å². The van der Waals surface area contributed by atoms with Crippen LogP contribution in [0.1, 0.15) is 33.1 Å². The van der Waals surface area contributed by atoms with Crippen LogP contribution in [-0.4, -0.2) is 39.5 Å². The summed E-state index contributed by atoms with van der Waals surface area (Å²) in [7, 11) is -1.38. The average molecular weight is 343 g/mol. The van der Waals surface area contributed by atoms with Crippen molar-refractivity contribution < 1.29 is 23.9 Å². The lowest BCUT2D eigenvalue weighted by Crippen LogP contribution is -2.40. The van der Waals surface area contributed by atoms with Gasteiger partial charge in [-0.2, -0.15) is 0 Å². The van der Waals surface area contributed by atoms with Crippen molar-refractivity contribution in [3.63, 3.8) is 0 Å². The monoisotopic (exact) mass is 342 g/mol. The van der Waals surface area contributed by atoms with Gasteiger partial charge in [0.1, 0.15) is 6.29 Å². The lowest BCUT2D eigenvalue weighted by molar-refractivity contribution is -0.172.